The molecule has 1 aromatic rings. The first kappa shape index (κ1) is 14.8. The summed E-state index contributed by atoms with van der Waals surface area (Å²) in [5.41, 5.74) is 2.37. The van der Waals surface area contributed by atoms with Crippen LogP contribution in [0.3, 0.4) is 0 Å². The van der Waals surface area contributed by atoms with Gasteiger partial charge in [0.1, 0.15) is 0 Å². The first-order valence-electron chi connectivity index (χ1n) is 6.93. The van der Waals surface area contributed by atoms with Gasteiger partial charge in [-0.3, -0.25) is 4.90 Å². The van der Waals surface area contributed by atoms with Crippen LogP contribution in [0.5, 0.6) is 0 Å². The lowest BCUT2D eigenvalue weighted by molar-refractivity contribution is 0.0343. The predicted molar refractivity (Wildman–Crippen MR) is 79.7 cm³/mol. The van der Waals surface area contributed by atoms with Crippen molar-refractivity contribution in [1.82, 2.24) is 10.2 Å². The van der Waals surface area contributed by atoms with E-state index >= 15 is 0 Å². The van der Waals surface area contributed by atoms with Crippen molar-refractivity contribution >= 4 is 11.6 Å². The lowest BCUT2D eigenvalue weighted by Crippen LogP contribution is -2.44. The Morgan fingerprint density at radius 3 is 2.79 bits per heavy atom. The highest BCUT2D eigenvalue weighted by Gasteiger charge is 2.13. The van der Waals surface area contributed by atoms with Crippen molar-refractivity contribution in [3.63, 3.8) is 0 Å². The second-order valence-electron chi connectivity index (χ2n) is 5.29. The van der Waals surface area contributed by atoms with E-state index in [-0.39, 0.29) is 0 Å². The first-order chi connectivity index (χ1) is 9.15. The molecule has 1 saturated heterocycles. The van der Waals surface area contributed by atoms with Crippen molar-refractivity contribution in [2.75, 3.05) is 32.8 Å². The maximum atomic E-state index is 6.24. The lowest BCUT2D eigenvalue weighted by Gasteiger charge is -2.29. The van der Waals surface area contributed by atoms with Crippen LogP contribution in [0.4, 0.5) is 0 Å². The Bertz CT molecular complexity index is 405. The number of hydrogen-bond acceptors (Lipinski definition) is 3. The van der Waals surface area contributed by atoms with E-state index in [4.69, 9.17) is 16.3 Å². The topological polar surface area (TPSA) is 24.5 Å². The molecule has 1 fully saturated rings. The summed E-state index contributed by atoms with van der Waals surface area (Å²) in [5, 5.41) is 4.39. The monoisotopic (exact) mass is 282 g/mol. The van der Waals surface area contributed by atoms with E-state index in [1.54, 1.807) is 0 Å². The van der Waals surface area contributed by atoms with Gasteiger partial charge in [-0.15, -0.1) is 0 Å². The number of nitrogens with one attached hydrogen (secondary N) is 1. The predicted octanol–water partition coefficient (Wildman–Crippen LogP) is 2.46. The van der Waals surface area contributed by atoms with Crippen LogP contribution in [0.2, 0.25) is 5.02 Å². The third-order valence-corrected chi connectivity index (χ3v) is 3.84. The van der Waals surface area contributed by atoms with E-state index in [9.17, 15) is 0 Å². The summed E-state index contributed by atoms with van der Waals surface area (Å²) in [6.07, 6.45) is 0. The van der Waals surface area contributed by atoms with Crippen LogP contribution >= 0.6 is 11.6 Å². The zero-order chi connectivity index (χ0) is 13.7. The smallest absolute Gasteiger partial charge is 0.0594 e. The Balaban J connectivity index is 1.77. The van der Waals surface area contributed by atoms with Gasteiger partial charge in [0, 0.05) is 37.2 Å². The molecule has 1 atom stereocenters. The van der Waals surface area contributed by atoms with E-state index in [0.29, 0.717) is 6.04 Å². The molecule has 1 N–H and O–H groups in total. The molecule has 1 unspecified atom stereocenters. The molecule has 1 aliphatic heterocycles. The fraction of sp³-hybridized carbons (Fsp3) is 0.600. The number of benzene rings is 1. The number of rotatable bonds is 5. The molecule has 0 amide bonds. The molecule has 0 spiro atoms. The summed E-state index contributed by atoms with van der Waals surface area (Å²) >= 11 is 6.24. The van der Waals surface area contributed by atoms with Gasteiger partial charge in [0.2, 0.25) is 0 Å². The minimum Gasteiger partial charge on any atom is -0.379 e. The molecule has 0 radical (unpaired) electrons. The van der Waals surface area contributed by atoms with Crippen molar-refractivity contribution in [1.29, 1.82) is 0 Å². The Hall–Kier alpha value is -0.610. The molecule has 0 saturated carbocycles. The van der Waals surface area contributed by atoms with Gasteiger partial charge in [0.05, 0.1) is 13.2 Å². The fourth-order valence-corrected chi connectivity index (χ4v) is 2.62. The molecular weight excluding hydrogens is 260 g/mol. The van der Waals surface area contributed by atoms with Crippen LogP contribution in [0.15, 0.2) is 18.2 Å². The standard InChI is InChI=1S/C15H23ClN2O/c1-12-3-4-14(15(16)9-12)10-17-13(2)11-18-5-7-19-8-6-18/h3-4,9,13,17H,5-8,10-11H2,1-2H3. The number of ether oxygens (including phenoxy) is 1. The van der Waals surface area contributed by atoms with Gasteiger partial charge in [-0.25, -0.2) is 0 Å². The van der Waals surface area contributed by atoms with E-state index in [0.717, 1.165) is 44.4 Å². The van der Waals surface area contributed by atoms with Crippen molar-refractivity contribution in [3.8, 4) is 0 Å². The minimum absolute atomic E-state index is 0.454. The zero-order valence-electron chi connectivity index (χ0n) is 11.8. The highest BCUT2D eigenvalue weighted by atomic mass is 35.5. The van der Waals surface area contributed by atoms with Crippen LogP contribution in [-0.2, 0) is 11.3 Å². The normalized spacial score (nSPS) is 18.5. The highest BCUT2D eigenvalue weighted by molar-refractivity contribution is 6.31. The Labute approximate surface area is 120 Å². The molecule has 1 aromatic carbocycles. The van der Waals surface area contributed by atoms with Crippen LogP contribution in [0.1, 0.15) is 18.1 Å². The van der Waals surface area contributed by atoms with Gasteiger partial charge in [-0.05, 0) is 31.0 Å². The third-order valence-electron chi connectivity index (χ3n) is 3.49. The molecule has 106 valence electrons. The molecule has 1 heterocycles. The van der Waals surface area contributed by atoms with Gasteiger partial charge < -0.3 is 10.1 Å². The first-order valence-corrected chi connectivity index (χ1v) is 7.31. The van der Waals surface area contributed by atoms with Crippen molar-refractivity contribution in [2.45, 2.75) is 26.4 Å². The van der Waals surface area contributed by atoms with Gasteiger partial charge in [0.25, 0.3) is 0 Å². The molecule has 1 aliphatic rings. The molecular formula is C15H23ClN2O. The second-order valence-corrected chi connectivity index (χ2v) is 5.70. The molecule has 19 heavy (non-hydrogen) atoms. The van der Waals surface area contributed by atoms with E-state index in [1.165, 1.54) is 11.1 Å². The van der Waals surface area contributed by atoms with Crippen LogP contribution in [-0.4, -0.2) is 43.8 Å². The molecule has 0 aromatic heterocycles. The molecule has 2 rings (SSSR count). The number of hydrogen-bond donors (Lipinski definition) is 1. The van der Waals surface area contributed by atoms with Gasteiger partial charge >= 0.3 is 0 Å². The molecule has 3 nitrogen and oxygen atoms in total. The van der Waals surface area contributed by atoms with Gasteiger partial charge in [-0.1, -0.05) is 23.7 Å². The van der Waals surface area contributed by atoms with Crippen molar-refractivity contribution < 1.29 is 4.74 Å². The average molecular weight is 283 g/mol. The summed E-state index contributed by atoms with van der Waals surface area (Å²) in [7, 11) is 0. The molecule has 0 bridgehead atoms. The Morgan fingerprint density at radius 1 is 1.37 bits per heavy atom. The SMILES string of the molecule is Cc1ccc(CNC(C)CN2CCOCC2)c(Cl)c1. The average Bonchev–Trinajstić information content (AvgIpc) is 2.39. The van der Waals surface area contributed by atoms with E-state index in [2.05, 4.69) is 36.2 Å². The molecule has 4 heteroatoms. The largest absolute Gasteiger partial charge is 0.379 e. The number of nitrogens with zero attached hydrogens (tertiary/aromatic N) is 1. The summed E-state index contributed by atoms with van der Waals surface area (Å²) < 4.78 is 5.36. The van der Waals surface area contributed by atoms with Gasteiger partial charge in [-0.2, -0.15) is 0 Å². The van der Waals surface area contributed by atoms with Crippen molar-refractivity contribution in [3.05, 3.63) is 34.3 Å². The summed E-state index contributed by atoms with van der Waals surface area (Å²) in [4.78, 5) is 2.44. The van der Waals surface area contributed by atoms with Crippen LogP contribution in [0.25, 0.3) is 0 Å². The number of aryl methyl sites for hydroxylation is 1. The number of halogens is 1. The maximum absolute atomic E-state index is 6.24. The number of morpholine rings is 1. The van der Waals surface area contributed by atoms with E-state index in [1.807, 2.05) is 6.07 Å². The van der Waals surface area contributed by atoms with Crippen molar-refractivity contribution in [2.24, 2.45) is 0 Å². The Kier molecular flexibility index (Phi) is 5.64. The van der Waals surface area contributed by atoms with Crippen LogP contribution in [0, 0.1) is 6.92 Å². The second kappa shape index (κ2) is 7.25. The highest BCUT2D eigenvalue weighted by Crippen LogP contribution is 2.17. The minimum atomic E-state index is 0.454. The quantitative estimate of drug-likeness (QED) is 0.898. The summed E-state index contributed by atoms with van der Waals surface area (Å²) in [6, 6.07) is 6.68. The summed E-state index contributed by atoms with van der Waals surface area (Å²) in [5.74, 6) is 0. The third kappa shape index (κ3) is 4.77. The van der Waals surface area contributed by atoms with Crippen LogP contribution < -0.4 is 5.32 Å². The van der Waals surface area contributed by atoms with Gasteiger partial charge in [0.15, 0.2) is 0 Å². The summed E-state index contributed by atoms with van der Waals surface area (Å²) in [6.45, 7) is 9.96. The fourth-order valence-electron chi connectivity index (χ4n) is 2.32. The Morgan fingerprint density at radius 2 is 2.11 bits per heavy atom. The molecule has 0 aliphatic carbocycles. The maximum Gasteiger partial charge on any atom is 0.0594 e. The van der Waals surface area contributed by atoms with E-state index < -0.39 is 0 Å². The lowest BCUT2D eigenvalue weighted by atomic mass is 10.1. The zero-order valence-corrected chi connectivity index (χ0v) is 12.5.